The van der Waals surface area contributed by atoms with Crippen molar-refractivity contribution in [2.45, 2.75) is 26.3 Å². The predicted octanol–water partition coefficient (Wildman–Crippen LogP) is -0.142. The van der Waals surface area contributed by atoms with Gasteiger partial charge in [0.1, 0.15) is 0 Å². The van der Waals surface area contributed by atoms with E-state index in [9.17, 15) is 4.79 Å². The van der Waals surface area contributed by atoms with Crippen molar-refractivity contribution < 1.29 is 4.79 Å². The largest absolute Gasteiger partial charge is 0.393 e. The minimum atomic E-state index is -0.255. The standard InChI is InChI=1S/C9H17N3OS/c1-9(2,8(11)14)5-12-4-3-6(12)7(10)13/h6H,3-5H2,1-2H3,(H2,10,13)(H2,11,14). The lowest BCUT2D eigenvalue weighted by molar-refractivity contribution is -0.128. The predicted molar refractivity (Wildman–Crippen MR) is 59.7 cm³/mol. The zero-order chi connectivity index (χ0) is 10.9. The zero-order valence-electron chi connectivity index (χ0n) is 8.62. The molecule has 0 aromatic rings. The van der Waals surface area contributed by atoms with Crippen LogP contribution in [0.2, 0.25) is 0 Å². The maximum absolute atomic E-state index is 11.0. The molecule has 1 aliphatic rings. The Bertz CT molecular complexity index is 265. The number of nitrogens with zero attached hydrogens (tertiary/aromatic N) is 1. The molecule has 0 aromatic carbocycles. The van der Waals surface area contributed by atoms with Crippen LogP contribution in [0.3, 0.4) is 0 Å². The summed E-state index contributed by atoms with van der Waals surface area (Å²) < 4.78 is 0. The molecular formula is C9H17N3OS. The van der Waals surface area contributed by atoms with Crippen LogP contribution in [-0.2, 0) is 4.79 Å². The van der Waals surface area contributed by atoms with Crippen LogP contribution in [0.25, 0.3) is 0 Å². The Labute approximate surface area is 89.6 Å². The van der Waals surface area contributed by atoms with Crippen molar-refractivity contribution in [2.24, 2.45) is 16.9 Å². The summed E-state index contributed by atoms with van der Waals surface area (Å²) in [6, 6.07) is -0.122. The number of hydrogen-bond donors (Lipinski definition) is 2. The highest BCUT2D eigenvalue weighted by Gasteiger charge is 2.36. The average Bonchev–Trinajstić information content (AvgIpc) is 1.97. The Balaban J connectivity index is 2.53. The van der Waals surface area contributed by atoms with Gasteiger partial charge in [-0.15, -0.1) is 0 Å². The van der Waals surface area contributed by atoms with E-state index in [1.54, 1.807) is 0 Å². The van der Waals surface area contributed by atoms with Crippen molar-refractivity contribution in [3.8, 4) is 0 Å². The lowest BCUT2D eigenvalue weighted by atomic mass is 9.89. The molecule has 1 amide bonds. The fourth-order valence-corrected chi connectivity index (χ4v) is 1.60. The molecule has 1 aliphatic heterocycles. The van der Waals surface area contributed by atoms with Crippen LogP contribution in [0, 0.1) is 5.41 Å². The Morgan fingerprint density at radius 1 is 1.57 bits per heavy atom. The molecule has 80 valence electrons. The number of thiocarbonyl (C=S) groups is 1. The van der Waals surface area contributed by atoms with Crippen molar-refractivity contribution in [1.82, 2.24) is 4.90 Å². The van der Waals surface area contributed by atoms with Gasteiger partial charge in [0, 0.05) is 18.5 Å². The van der Waals surface area contributed by atoms with Gasteiger partial charge >= 0.3 is 0 Å². The van der Waals surface area contributed by atoms with E-state index in [0.29, 0.717) is 11.5 Å². The van der Waals surface area contributed by atoms with Gasteiger partial charge in [-0.05, 0) is 6.42 Å². The van der Waals surface area contributed by atoms with Crippen molar-refractivity contribution in [2.75, 3.05) is 13.1 Å². The Kier molecular flexibility index (Phi) is 3.11. The summed E-state index contributed by atoms with van der Waals surface area (Å²) in [5.74, 6) is -0.255. The quantitative estimate of drug-likeness (QED) is 0.640. The average molecular weight is 215 g/mol. The minimum Gasteiger partial charge on any atom is -0.393 e. The number of carbonyl (C=O) groups is 1. The number of rotatable bonds is 4. The van der Waals surface area contributed by atoms with Crippen LogP contribution in [0.4, 0.5) is 0 Å². The summed E-state index contributed by atoms with van der Waals surface area (Å²) in [6.07, 6.45) is 0.850. The topological polar surface area (TPSA) is 72.3 Å². The number of hydrogen-bond acceptors (Lipinski definition) is 3. The van der Waals surface area contributed by atoms with E-state index in [4.69, 9.17) is 23.7 Å². The summed E-state index contributed by atoms with van der Waals surface area (Å²) in [6.45, 7) is 5.56. The van der Waals surface area contributed by atoms with Gasteiger partial charge in [-0.25, -0.2) is 0 Å². The summed E-state index contributed by atoms with van der Waals surface area (Å²) >= 11 is 4.96. The number of amides is 1. The van der Waals surface area contributed by atoms with E-state index in [1.807, 2.05) is 18.7 Å². The highest BCUT2D eigenvalue weighted by molar-refractivity contribution is 7.80. The molecule has 1 atom stereocenters. The monoisotopic (exact) mass is 215 g/mol. The first kappa shape index (κ1) is 11.4. The SMILES string of the molecule is CC(C)(CN1CCC1C(N)=O)C(N)=S. The third kappa shape index (κ3) is 2.22. The fraction of sp³-hybridized carbons (Fsp3) is 0.778. The van der Waals surface area contributed by atoms with E-state index in [2.05, 4.69) is 0 Å². The van der Waals surface area contributed by atoms with Crippen LogP contribution in [0.15, 0.2) is 0 Å². The first-order valence-electron chi connectivity index (χ1n) is 4.68. The molecule has 14 heavy (non-hydrogen) atoms. The van der Waals surface area contributed by atoms with E-state index in [-0.39, 0.29) is 17.4 Å². The molecule has 0 aliphatic carbocycles. The summed E-state index contributed by atoms with van der Waals surface area (Å²) in [4.78, 5) is 13.5. The van der Waals surface area contributed by atoms with Crippen molar-refractivity contribution in [3.05, 3.63) is 0 Å². The Morgan fingerprint density at radius 2 is 2.14 bits per heavy atom. The second kappa shape index (κ2) is 3.82. The molecule has 1 unspecified atom stereocenters. The number of carbonyl (C=O) groups excluding carboxylic acids is 1. The van der Waals surface area contributed by atoms with Crippen molar-refractivity contribution >= 4 is 23.1 Å². The first-order chi connectivity index (χ1) is 6.34. The summed E-state index contributed by atoms with van der Waals surface area (Å²) in [5, 5.41) is 0. The summed E-state index contributed by atoms with van der Waals surface area (Å²) in [5.41, 5.74) is 10.6. The molecule has 1 rings (SSSR count). The van der Waals surface area contributed by atoms with Crippen LogP contribution >= 0.6 is 12.2 Å². The van der Waals surface area contributed by atoms with Gasteiger partial charge in [0.05, 0.1) is 11.0 Å². The second-order valence-electron chi connectivity index (χ2n) is 4.43. The van der Waals surface area contributed by atoms with E-state index in [1.165, 1.54) is 0 Å². The number of nitrogens with two attached hydrogens (primary N) is 2. The molecule has 4 N–H and O–H groups in total. The van der Waals surface area contributed by atoms with Gasteiger partial charge < -0.3 is 11.5 Å². The molecule has 4 nitrogen and oxygen atoms in total. The van der Waals surface area contributed by atoms with Crippen molar-refractivity contribution in [3.63, 3.8) is 0 Å². The minimum absolute atomic E-state index is 0.122. The van der Waals surface area contributed by atoms with Crippen LogP contribution < -0.4 is 11.5 Å². The molecule has 1 saturated heterocycles. The molecular weight excluding hydrogens is 198 g/mol. The fourth-order valence-electron chi connectivity index (χ4n) is 1.54. The Hall–Kier alpha value is -0.680. The summed E-state index contributed by atoms with van der Waals surface area (Å²) in [7, 11) is 0. The van der Waals surface area contributed by atoms with E-state index in [0.717, 1.165) is 13.0 Å². The van der Waals surface area contributed by atoms with Crippen LogP contribution in [-0.4, -0.2) is 34.9 Å². The van der Waals surface area contributed by atoms with Gasteiger partial charge in [0.2, 0.25) is 5.91 Å². The third-order valence-corrected chi connectivity index (χ3v) is 3.28. The maximum Gasteiger partial charge on any atom is 0.234 e. The molecule has 0 spiro atoms. The number of primary amides is 1. The Morgan fingerprint density at radius 3 is 2.43 bits per heavy atom. The normalized spacial score (nSPS) is 22.9. The van der Waals surface area contributed by atoms with Crippen molar-refractivity contribution in [1.29, 1.82) is 0 Å². The third-order valence-electron chi connectivity index (χ3n) is 2.72. The maximum atomic E-state index is 11.0. The van der Waals surface area contributed by atoms with Crippen LogP contribution in [0.5, 0.6) is 0 Å². The molecule has 1 heterocycles. The first-order valence-corrected chi connectivity index (χ1v) is 5.08. The van der Waals surface area contributed by atoms with E-state index >= 15 is 0 Å². The number of likely N-dealkylation sites (tertiary alicyclic amines) is 1. The lowest BCUT2D eigenvalue weighted by Crippen LogP contribution is -2.58. The highest BCUT2D eigenvalue weighted by Crippen LogP contribution is 2.24. The molecule has 1 fully saturated rings. The van der Waals surface area contributed by atoms with Gasteiger partial charge in [-0.2, -0.15) is 0 Å². The smallest absolute Gasteiger partial charge is 0.234 e. The highest BCUT2D eigenvalue weighted by atomic mass is 32.1. The second-order valence-corrected chi connectivity index (χ2v) is 4.87. The zero-order valence-corrected chi connectivity index (χ0v) is 9.43. The lowest BCUT2D eigenvalue weighted by Gasteiger charge is -2.43. The van der Waals surface area contributed by atoms with Gasteiger partial charge in [0.15, 0.2) is 0 Å². The molecule has 0 saturated carbocycles. The molecule has 0 bridgehead atoms. The molecule has 0 radical (unpaired) electrons. The molecule has 5 heteroatoms. The van der Waals surface area contributed by atoms with E-state index < -0.39 is 0 Å². The van der Waals surface area contributed by atoms with Gasteiger partial charge in [0.25, 0.3) is 0 Å². The van der Waals surface area contributed by atoms with Crippen LogP contribution in [0.1, 0.15) is 20.3 Å². The van der Waals surface area contributed by atoms with Gasteiger partial charge in [-0.1, -0.05) is 26.1 Å². The van der Waals surface area contributed by atoms with Gasteiger partial charge in [-0.3, -0.25) is 9.69 Å². The molecule has 0 aromatic heterocycles.